The predicted molar refractivity (Wildman–Crippen MR) is 149 cm³/mol. The van der Waals surface area contributed by atoms with Crippen LogP contribution in [0.5, 0.6) is 0 Å². The molecule has 1 N–H and O–H groups in total. The Morgan fingerprint density at radius 1 is 1.25 bits per heavy atom. The van der Waals surface area contributed by atoms with Gasteiger partial charge in [0.05, 0.1) is 11.6 Å². The van der Waals surface area contributed by atoms with Gasteiger partial charge in [-0.15, -0.1) is 0 Å². The lowest BCUT2D eigenvalue weighted by Crippen LogP contribution is -2.40. The van der Waals surface area contributed by atoms with E-state index in [9.17, 15) is 4.79 Å². The molecule has 0 aliphatic carbocycles. The summed E-state index contributed by atoms with van der Waals surface area (Å²) in [7, 11) is 0. The van der Waals surface area contributed by atoms with Crippen LogP contribution in [0.2, 0.25) is 0 Å². The highest BCUT2D eigenvalue weighted by atomic mass is 32.2. The van der Waals surface area contributed by atoms with Gasteiger partial charge in [-0.25, -0.2) is 4.98 Å². The third kappa shape index (κ3) is 5.46. The molecule has 36 heavy (non-hydrogen) atoms. The SMILES string of the molecule is C=C/C=C(\C=C/C)C1CCC2CN(c3nc(C(C)(C)C)ccc3C(=O)NSc3ccn1n3)C(C)(C)C2. The first-order valence-corrected chi connectivity index (χ1v) is 13.6. The van der Waals surface area contributed by atoms with Gasteiger partial charge in [0.1, 0.15) is 10.8 Å². The second-order valence-electron chi connectivity index (χ2n) is 11.5. The lowest BCUT2D eigenvalue weighted by Gasteiger charge is -2.34. The molecule has 2 unspecified atom stereocenters. The summed E-state index contributed by atoms with van der Waals surface area (Å²) in [5.74, 6) is 1.13. The van der Waals surface area contributed by atoms with Crippen molar-refractivity contribution in [2.45, 2.75) is 82.8 Å². The summed E-state index contributed by atoms with van der Waals surface area (Å²) in [4.78, 5) is 20.9. The first-order valence-electron chi connectivity index (χ1n) is 12.8. The maximum absolute atomic E-state index is 13.4. The van der Waals surface area contributed by atoms with E-state index in [0.29, 0.717) is 11.5 Å². The molecule has 4 heterocycles. The van der Waals surface area contributed by atoms with Crippen molar-refractivity contribution in [2.24, 2.45) is 5.92 Å². The van der Waals surface area contributed by atoms with Crippen molar-refractivity contribution >= 4 is 23.7 Å². The number of carbonyl (C=O) groups excluding carboxylic acids is 1. The van der Waals surface area contributed by atoms with Gasteiger partial charge >= 0.3 is 0 Å². The minimum absolute atomic E-state index is 0.0993. The molecule has 0 aromatic carbocycles. The van der Waals surface area contributed by atoms with E-state index in [1.54, 1.807) is 0 Å². The molecule has 0 saturated carbocycles. The zero-order chi connectivity index (χ0) is 26.1. The molecule has 7 heteroatoms. The molecule has 4 rings (SSSR count). The van der Waals surface area contributed by atoms with E-state index in [0.717, 1.165) is 42.3 Å². The van der Waals surface area contributed by atoms with Crippen LogP contribution in [0.15, 0.2) is 65.9 Å². The Morgan fingerprint density at radius 3 is 2.72 bits per heavy atom. The molecule has 0 radical (unpaired) electrons. The van der Waals surface area contributed by atoms with Crippen LogP contribution in [0.25, 0.3) is 0 Å². The fourth-order valence-corrected chi connectivity index (χ4v) is 5.93. The molecule has 2 aliphatic heterocycles. The molecule has 0 spiro atoms. The molecule has 2 aliphatic rings. The topological polar surface area (TPSA) is 63.1 Å². The zero-order valence-electron chi connectivity index (χ0n) is 22.4. The number of carbonyl (C=O) groups is 1. The van der Waals surface area contributed by atoms with E-state index in [4.69, 9.17) is 10.1 Å². The molecular weight excluding hydrogens is 466 g/mol. The van der Waals surface area contributed by atoms with E-state index < -0.39 is 0 Å². The fraction of sp³-hybridized carbons (Fsp3) is 0.483. The minimum atomic E-state index is -0.147. The molecule has 6 nitrogen and oxygen atoms in total. The fourth-order valence-electron chi connectivity index (χ4n) is 5.36. The quantitative estimate of drug-likeness (QED) is 0.374. The van der Waals surface area contributed by atoms with Crippen LogP contribution in [-0.4, -0.2) is 32.8 Å². The van der Waals surface area contributed by atoms with E-state index >= 15 is 0 Å². The van der Waals surface area contributed by atoms with Gasteiger partial charge in [0.2, 0.25) is 0 Å². The number of pyridine rings is 1. The molecule has 4 bridgehead atoms. The highest BCUT2D eigenvalue weighted by Gasteiger charge is 2.41. The van der Waals surface area contributed by atoms with Gasteiger partial charge < -0.3 is 4.90 Å². The van der Waals surface area contributed by atoms with Crippen LogP contribution >= 0.6 is 11.9 Å². The average Bonchev–Trinajstić information content (AvgIpc) is 3.40. The third-order valence-corrected chi connectivity index (χ3v) is 7.87. The number of amides is 1. The molecule has 2 atom stereocenters. The number of hydrogen-bond donors (Lipinski definition) is 1. The van der Waals surface area contributed by atoms with E-state index in [2.05, 4.69) is 69.0 Å². The van der Waals surface area contributed by atoms with Gasteiger partial charge in [0.15, 0.2) is 0 Å². The van der Waals surface area contributed by atoms with Gasteiger partial charge in [0, 0.05) is 41.3 Å². The highest BCUT2D eigenvalue weighted by Crippen LogP contribution is 2.41. The summed E-state index contributed by atoms with van der Waals surface area (Å²) >= 11 is 1.25. The summed E-state index contributed by atoms with van der Waals surface area (Å²) < 4.78 is 5.04. The predicted octanol–water partition coefficient (Wildman–Crippen LogP) is 6.64. The second kappa shape index (κ2) is 10.3. The first-order chi connectivity index (χ1) is 17.0. The van der Waals surface area contributed by atoms with Crippen LogP contribution in [0.1, 0.15) is 82.9 Å². The average molecular weight is 506 g/mol. The number of anilines is 1. The van der Waals surface area contributed by atoms with E-state index in [-0.39, 0.29) is 22.9 Å². The molecular formula is C29H39N5OS. The van der Waals surface area contributed by atoms with Crippen LogP contribution in [-0.2, 0) is 5.41 Å². The molecule has 1 fully saturated rings. The van der Waals surface area contributed by atoms with Gasteiger partial charge in [-0.1, -0.05) is 51.7 Å². The van der Waals surface area contributed by atoms with Gasteiger partial charge in [-0.05, 0) is 69.7 Å². The van der Waals surface area contributed by atoms with E-state index in [1.807, 2.05) is 42.1 Å². The van der Waals surface area contributed by atoms with Crippen molar-refractivity contribution in [1.82, 2.24) is 19.5 Å². The molecule has 1 saturated heterocycles. The second-order valence-corrected chi connectivity index (χ2v) is 12.3. The largest absolute Gasteiger partial charge is 0.351 e. The smallest absolute Gasteiger partial charge is 0.265 e. The third-order valence-electron chi connectivity index (χ3n) is 7.16. The number of rotatable bonds is 3. The summed E-state index contributed by atoms with van der Waals surface area (Å²) in [5, 5.41) is 5.58. The van der Waals surface area contributed by atoms with Gasteiger partial charge in [-0.2, -0.15) is 5.10 Å². The Morgan fingerprint density at radius 2 is 2.03 bits per heavy atom. The summed E-state index contributed by atoms with van der Waals surface area (Å²) in [6.45, 7) is 17.9. The Hall–Kier alpha value is -2.80. The number of hydrogen-bond acceptors (Lipinski definition) is 5. The first kappa shape index (κ1) is 26.3. The minimum Gasteiger partial charge on any atom is -0.351 e. The lowest BCUT2D eigenvalue weighted by molar-refractivity contribution is 0.0984. The van der Waals surface area contributed by atoms with Crippen molar-refractivity contribution in [3.8, 4) is 0 Å². The summed E-state index contributed by atoms with van der Waals surface area (Å²) in [5.41, 5.74) is 2.57. The number of nitrogens with one attached hydrogen (secondary N) is 1. The number of allylic oxidation sites excluding steroid dienone is 5. The number of fused-ring (bicyclic) bond motifs is 6. The lowest BCUT2D eigenvalue weighted by atomic mass is 9.90. The van der Waals surface area contributed by atoms with Crippen LogP contribution in [0.4, 0.5) is 5.82 Å². The van der Waals surface area contributed by atoms with Crippen LogP contribution in [0, 0.1) is 5.92 Å². The number of nitrogens with zero attached hydrogens (tertiary/aromatic N) is 4. The van der Waals surface area contributed by atoms with Crippen molar-refractivity contribution in [2.75, 3.05) is 11.4 Å². The van der Waals surface area contributed by atoms with Crippen molar-refractivity contribution in [1.29, 1.82) is 0 Å². The van der Waals surface area contributed by atoms with E-state index in [1.165, 1.54) is 17.5 Å². The van der Waals surface area contributed by atoms with Crippen molar-refractivity contribution < 1.29 is 4.79 Å². The normalized spacial score (nSPS) is 22.8. The molecule has 2 aromatic heterocycles. The maximum atomic E-state index is 13.4. The Bertz CT molecular complexity index is 1190. The van der Waals surface area contributed by atoms with Crippen molar-refractivity contribution in [3.05, 3.63) is 72.1 Å². The summed E-state index contributed by atoms with van der Waals surface area (Å²) in [6, 6.07) is 5.98. The maximum Gasteiger partial charge on any atom is 0.265 e. The Balaban J connectivity index is 1.78. The zero-order valence-corrected chi connectivity index (χ0v) is 23.2. The van der Waals surface area contributed by atoms with Gasteiger partial charge in [-0.3, -0.25) is 14.2 Å². The Kier molecular flexibility index (Phi) is 7.51. The Labute approximate surface area is 220 Å². The van der Waals surface area contributed by atoms with Gasteiger partial charge in [0.25, 0.3) is 5.91 Å². The molecule has 192 valence electrons. The summed E-state index contributed by atoms with van der Waals surface area (Å²) in [6.07, 6.45) is 13.2. The number of aromatic nitrogens is 3. The molecule has 2 aromatic rings. The van der Waals surface area contributed by atoms with Crippen LogP contribution in [0.3, 0.4) is 0 Å². The standard InChI is InChI=1S/C29H39N5OS/c1-8-10-21(11-9-2)23-14-12-20-18-29(6,7)33(19-20)26-22(13-15-24(30-26)28(3,4)5)27(35)32-36-25-16-17-34(23)31-25/h8-11,13,15-17,20,23H,1,12,14,18-19H2,2-7H3,(H,32,35)/b11-9-,21-10+. The molecule has 1 amide bonds. The van der Waals surface area contributed by atoms with Crippen molar-refractivity contribution in [3.63, 3.8) is 0 Å². The monoisotopic (exact) mass is 505 g/mol. The highest BCUT2D eigenvalue weighted by molar-refractivity contribution is 7.97. The van der Waals surface area contributed by atoms with Crippen LogP contribution < -0.4 is 9.62 Å².